The molecular formula is C17H17BrN2O. The molecule has 1 N–H and O–H groups in total. The number of amidine groups is 1. The van der Waals surface area contributed by atoms with Gasteiger partial charge >= 0.3 is 0 Å². The summed E-state index contributed by atoms with van der Waals surface area (Å²) >= 11 is 3.43. The van der Waals surface area contributed by atoms with E-state index in [-0.39, 0.29) is 0 Å². The molecule has 0 fully saturated rings. The van der Waals surface area contributed by atoms with E-state index >= 15 is 0 Å². The summed E-state index contributed by atoms with van der Waals surface area (Å²) in [5.74, 6) is 1.85. The van der Waals surface area contributed by atoms with E-state index in [4.69, 9.17) is 4.74 Å². The Morgan fingerprint density at radius 2 is 1.90 bits per heavy atom. The highest BCUT2D eigenvalue weighted by Gasteiger charge is 2.11. The molecule has 0 aromatic heterocycles. The van der Waals surface area contributed by atoms with Gasteiger partial charge in [0.25, 0.3) is 0 Å². The van der Waals surface area contributed by atoms with Crippen LogP contribution in [0.5, 0.6) is 5.75 Å². The molecule has 0 unspecified atom stereocenters. The summed E-state index contributed by atoms with van der Waals surface area (Å²) in [4.78, 5) is 4.57. The average molecular weight is 345 g/mol. The number of nitrogens with one attached hydrogen (secondary N) is 1. The molecule has 1 heterocycles. The van der Waals surface area contributed by atoms with E-state index in [9.17, 15) is 0 Å². The molecule has 2 aromatic carbocycles. The molecule has 1 aliphatic rings. The molecule has 0 atom stereocenters. The van der Waals surface area contributed by atoms with Crippen molar-refractivity contribution in [3.63, 3.8) is 0 Å². The standard InChI is InChI=1S/C17H17BrN2O/c18-14-6-8-15(9-7-14)21-12-13-4-1-2-5-16(13)17-19-10-3-11-20-17/h1-2,4-9H,3,10-12H2,(H,19,20). The van der Waals surface area contributed by atoms with Crippen LogP contribution < -0.4 is 10.1 Å². The van der Waals surface area contributed by atoms with Gasteiger partial charge in [0.1, 0.15) is 18.2 Å². The van der Waals surface area contributed by atoms with Gasteiger partial charge in [-0.1, -0.05) is 40.2 Å². The molecule has 3 nitrogen and oxygen atoms in total. The quantitative estimate of drug-likeness (QED) is 0.915. The minimum atomic E-state index is 0.540. The fourth-order valence-corrected chi connectivity index (χ4v) is 2.55. The summed E-state index contributed by atoms with van der Waals surface area (Å²) in [5.41, 5.74) is 2.28. The fourth-order valence-electron chi connectivity index (χ4n) is 2.28. The topological polar surface area (TPSA) is 33.6 Å². The van der Waals surface area contributed by atoms with E-state index in [0.29, 0.717) is 6.61 Å². The minimum Gasteiger partial charge on any atom is -0.489 e. The highest BCUT2D eigenvalue weighted by Crippen LogP contribution is 2.19. The van der Waals surface area contributed by atoms with E-state index in [1.807, 2.05) is 36.4 Å². The van der Waals surface area contributed by atoms with Gasteiger partial charge in [-0.05, 0) is 30.7 Å². The fraction of sp³-hybridized carbons (Fsp3) is 0.235. The maximum absolute atomic E-state index is 5.87. The highest BCUT2D eigenvalue weighted by atomic mass is 79.9. The molecule has 0 saturated heterocycles. The van der Waals surface area contributed by atoms with Crippen molar-refractivity contribution < 1.29 is 4.74 Å². The van der Waals surface area contributed by atoms with Crippen molar-refractivity contribution in [1.82, 2.24) is 5.32 Å². The van der Waals surface area contributed by atoms with Crippen molar-refractivity contribution in [2.24, 2.45) is 4.99 Å². The van der Waals surface area contributed by atoms with E-state index in [1.165, 1.54) is 0 Å². The van der Waals surface area contributed by atoms with E-state index in [0.717, 1.165) is 46.7 Å². The molecule has 0 bridgehead atoms. The van der Waals surface area contributed by atoms with Gasteiger partial charge < -0.3 is 10.1 Å². The number of ether oxygens (including phenoxy) is 1. The van der Waals surface area contributed by atoms with E-state index in [2.05, 4.69) is 38.4 Å². The van der Waals surface area contributed by atoms with Crippen LogP contribution in [0.4, 0.5) is 0 Å². The largest absolute Gasteiger partial charge is 0.489 e. The summed E-state index contributed by atoms with van der Waals surface area (Å²) < 4.78 is 6.93. The van der Waals surface area contributed by atoms with Crippen LogP contribution in [-0.4, -0.2) is 18.9 Å². The first-order chi connectivity index (χ1) is 10.3. The Labute approximate surface area is 133 Å². The molecule has 0 radical (unpaired) electrons. The predicted octanol–water partition coefficient (Wildman–Crippen LogP) is 3.77. The van der Waals surface area contributed by atoms with Crippen LogP contribution in [0.2, 0.25) is 0 Å². The van der Waals surface area contributed by atoms with Crippen molar-refractivity contribution in [2.75, 3.05) is 13.1 Å². The van der Waals surface area contributed by atoms with Crippen LogP contribution in [0.15, 0.2) is 58.0 Å². The summed E-state index contributed by atoms with van der Waals surface area (Å²) in [6.45, 7) is 2.42. The summed E-state index contributed by atoms with van der Waals surface area (Å²) in [6, 6.07) is 16.1. The van der Waals surface area contributed by atoms with Gasteiger partial charge in [-0.15, -0.1) is 0 Å². The monoisotopic (exact) mass is 344 g/mol. The third kappa shape index (κ3) is 3.64. The van der Waals surface area contributed by atoms with Crippen LogP contribution in [0.3, 0.4) is 0 Å². The van der Waals surface area contributed by atoms with Gasteiger partial charge in [0.05, 0.1) is 0 Å². The first kappa shape index (κ1) is 14.1. The second-order valence-electron chi connectivity index (χ2n) is 4.91. The zero-order chi connectivity index (χ0) is 14.5. The number of aliphatic imine (C=N–C) groups is 1. The lowest BCUT2D eigenvalue weighted by molar-refractivity contribution is 0.306. The van der Waals surface area contributed by atoms with E-state index in [1.54, 1.807) is 0 Å². The summed E-state index contributed by atoms with van der Waals surface area (Å²) in [5, 5.41) is 3.37. The Bertz CT molecular complexity index is 637. The first-order valence-electron chi connectivity index (χ1n) is 7.08. The maximum Gasteiger partial charge on any atom is 0.128 e. The smallest absolute Gasteiger partial charge is 0.128 e. The van der Waals surface area contributed by atoms with Crippen LogP contribution in [0, 0.1) is 0 Å². The van der Waals surface area contributed by atoms with E-state index < -0.39 is 0 Å². The van der Waals surface area contributed by atoms with Gasteiger partial charge in [-0.25, -0.2) is 0 Å². The Balaban J connectivity index is 1.76. The Kier molecular flexibility index (Phi) is 4.55. The minimum absolute atomic E-state index is 0.540. The zero-order valence-corrected chi connectivity index (χ0v) is 13.3. The SMILES string of the molecule is Brc1ccc(OCc2ccccc2C2=NCCCN2)cc1. The van der Waals surface area contributed by atoms with Crippen molar-refractivity contribution in [2.45, 2.75) is 13.0 Å². The number of rotatable bonds is 4. The molecule has 0 amide bonds. The third-order valence-electron chi connectivity index (χ3n) is 3.38. The normalized spacial score (nSPS) is 14.2. The lowest BCUT2D eigenvalue weighted by Crippen LogP contribution is -2.31. The molecule has 3 rings (SSSR count). The molecule has 4 heteroatoms. The second-order valence-corrected chi connectivity index (χ2v) is 5.83. The third-order valence-corrected chi connectivity index (χ3v) is 3.91. The predicted molar refractivity (Wildman–Crippen MR) is 88.9 cm³/mol. The summed E-state index contributed by atoms with van der Waals surface area (Å²) in [6.07, 6.45) is 1.10. The molecular weight excluding hydrogens is 328 g/mol. The lowest BCUT2D eigenvalue weighted by atomic mass is 10.1. The molecule has 0 aliphatic carbocycles. The van der Waals surface area contributed by atoms with Crippen molar-refractivity contribution in [3.05, 3.63) is 64.1 Å². The van der Waals surface area contributed by atoms with Crippen molar-refractivity contribution in [3.8, 4) is 5.75 Å². The second kappa shape index (κ2) is 6.76. The number of hydrogen-bond donors (Lipinski definition) is 1. The Morgan fingerprint density at radius 1 is 1.10 bits per heavy atom. The average Bonchev–Trinajstić information content (AvgIpc) is 2.55. The Morgan fingerprint density at radius 3 is 2.67 bits per heavy atom. The molecule has 1 aliphatic heterocycles. The van der Waals surface area contributed by atoms with Gasteiger partial charge in [-0.2, -0.15) is 0 Å². The molecule has 0 saturated carbocycles. The maximum atomic E-state index is 5.87. The van der Waals surface area contributed by atoms with Crippen LogP contribution in [-0.2, 0) is 6.61 Å². The molecule has 21 heavy (non-hydrogen) atoms. The van der Waals surface area contributed by atoms with Gasteiger partial charge in [0, 0.05) is 28.7 Å². The molecule has 0 spiro atoms. The van der Waals surface area contributed by atoms with Crippen LogP contribution in [0.1, 0.15) is 17.5 Å². The van der Waals surface area contributed by atoms with Crippen molar-refractivity contribution >= 4 is 21.8 Å². The Hall–Kier alpha value is -1.81. The number of nitrogens with zero attached hydrogens (tertiary/aromatic N) is 1. The lowest BCUT2D eigenvalue weighted by Gasteiger charge is -2.17. The first-order valence-corrected chi connectivity index (χ1v) is 7.87. The van der Waals surface area contributed by atoms with Crippen LogP contribution >= 0.6 is 15.9 Å². The van der Waals surface area contributed by atoms with Gasteiger partial charge in [0.15, 0.2) is 0 Å². The highest BCUT2D eigenvalue weighted by molar-refractivity contribution is 9.10. The number of halogens is 1. The summed E-state index contributed by atoms with van der Waals surface area (Å²) in [7, 11) is 0. The van der Waals surface area contributed by atoms with Gasteiger partial charge in [0.2, 0.25) is 0 Å². The van der Waals surface area contributed by atoms with Crippen LogP contribution in [0.25, 0.3) is 0 Å². The van der Waals surface area contributed by atoms with Crippen molar-refractivity contribution in [1.29, 1.82) is 0 Å². The number of hydrogen-bond acceptors (Lipinski definition) is 3. The number of benzene rings is 2. The zero-order valence-electron chi connectivity index (χ0n) is 11.7. The molecule has 108 valence electrons. The molecule has 2 aromatic rings. The van der Waals surface area contributed by atoms with Gasteiger partial charge in [-0.3, -0.25) is 4.99 Å².